The lowest BCUT2D eigenvalue weighted by Gasteiger charge is -2.23. The van der Waals surface area contributed by atoms with E-state index in [1.54, 1.807) is 16.9 Å². The number of anilines is 2. The van der Waals surface area contributed by atoms with Crippen LogP contribution in [0.3, 0.4) is 0 Å². The summed E-state index contributed by atoms with van der Waals surface area (Å²) in [6, 6.07) is 11.0. The van der Waals surface area contributed by atoms with Gasteiger partial charge in [-0.1, -0.05) is 41.9 Å². The molecule has 3 aromatic rings. The van der Waals surface area contributed by atoms with Crippen molar-refractivity contribution >= 4 is 29.0 Å². The fraction of sp³-hybridized carbons (Fsp3) is 0.318. The number of hydrogen-bond acceptors (Lipinski definition) is 4. The zero-order valence-electron chi connectivity index (χ0n) is 17.1. The summed E-state index contributed by atoms with van der Waals surface area (Å²) in [6.07, 6.45) is 2.84. The topological polar surface area (TPSA) is 63.1 Å². The second-order valence-corrected chi connectivity index (χ2v) is 8.23. The van der Waals surface area contributed by atoms with Gasteiger partial charge in [-0.15, -0.1) is 0 Å². The van der Waals surface area contributed by atoms with Gasteiger partial charge in [0.05, 0.1) is 24.0 Å². The Morgan fingerprint density at radius 1 is 1.26 bits per heavy atom. The number of alkyl halides is 2. The molecule has 31 heavy (non-hydrogen) atoms. The maximum absolute atomic E-state index is 13.9. The number of hydrogen-bond donors (Lipinski definition) is 1. The van der Waals surface area contributed by atoms with E-state index in [0.717, 1.165) is 5.56 Å². The average molecular weight is 446 g/mol. The Balaban J connectivity index is 1.78. The first-order chi connectivity index (χ1) is 14.7. The molecule has 0 radical (unpaired) electrons. The molecular formula is C22H22ClF2N5O. The van der Waals surface area contributed by atoms with Crippen LogP contribution in [-0.4, -0.2) is 39.7 Å². The zero-order chi connectivity index (χ0) is 22.2. The molecule has 9 heteroatoms. The number of carbonyl (C=O) groups excluding carboxylic acids is 1. The highest BCUT2D eigenvalue weighted by Gasteiger charge is 2.40. The van der Waals surface area contributed by atoms with Gasteiger partial charge < -0.3 is 10.2 Å². The number of carbonyl (C=O) groups is 1. The van der Waals surface area contributed by atoms with Gasteiger partial charge in [-0.2, -0.15) is 5.10 Å². The fourth-order valence-corrected chi connectivity index (χ4v) is 3.73. The van der Waals surface area contributed by atoms with Crippen LogP contribution in [0.15, 0.2) is 48.8 Å². The molecule has 1 saturated heterocycles. The van der Waals surface area contributed by atoms with E-state index < -0.39 is 18.4 Å². The number of aromatic nitrogens is 3. The molecule has 4 rings (SSSR count). The van der Waals surface area contributed by atoms with Crippen LogP contribution in [0, 0.1) is 0 Å². The van der Waals surface area contributed by atoms with Crippen molar-refractivity contribution in [2.75, 3.05) is 23.3 Å². The highest BCUT2D eigenvalue weighted by molar-refractivity contribution is 6.30. The molecular weight excluding hydrogens is 424 g/mol. The highest BCUT2D eigenvalue weighted by atomic mass is 35.5. The van der Waals surface area contributed by atoms with E-state index in [1.807, 2.05) is 44.2 Å². The van der Waals surface area contributed by atoms with Crippen molar-refractivity contribution in [1.29, 1.82) is 0 Å². The van der Waals surface area contributed by atoms with Crippen molar-refractivity contribution in [1.82, 2.24) is 14.8 Å². The predicted molar refractivity (Wildman–Crippen MR) is 117 cm³/mol. The van der Waals surface area contributed by atoms with E-state index in [2.05, 4.69) is 15.4 Å². The van der Waals surface area contributed by atoms with Crippen LogP contribution in [-0.2, 0) is 0 Å². The van der Waals surface area contributed by atoms with Crippen LogP contribution in [0.2, 0.25) is 5.15 Å². The molecule has 1 aliphatic heterocycles. The Morgan fingerprint density at radius 3 is 2.61 bits per heavy atom. The van der Waals surface area contributed by atoms with Crippen LogP contribution >= 0.6 is 11.6 Å². The summed E-state index contributed by atoms with van der Waals surface area (Å²) >= 11 is 6.26. The van der Waals surface area contributed by atoms with Gasteiger partial charge in [0.2, 0.25) is 0 Å². The van der Waals surface area contributed by atoms with Gasteiger partial charge in [-0.3, -0.25) is 9.48 Å². The minimum absolute atomic E-state index is 0.0982. The molecule has 0 bridgehead atoms. The van der Waals surface area contributed by atoms with Gasteiger partial charge in [0.15, 0.2) is 5.82 Å². The van der Waals surface area contributed by atoms with Crippen LogP contribution in [0.5, 0.6) is 0 Å². The Kier molecular flexibility index (Phi) is 5.66. The lowest BCUT2D eigenvalue weighted by molar-refractivity contribution is 0.0257. The molecule has 0 unspecified atom stereocenters. The molecule has 162 valence electrons. The van der Waals surface area contributed by atoms with Gasteiger partial charge >= 0.3 is 0 Å². The van der Waals surface area contributed by atoms with Crippen molar-refractivity contribution in [2.45, 2.75) is 32.2 Å². The van der Waals surface area contributed by atoms with Gasteiger partial charge in [-0.05, 0) is 25.5 Å². The van der Waals surface area contributed by atoms with E-state index in [4.69, 9.17) is 11.6 Å². The predicted octanol–water partition coefficient (Wildman–Crippen LogP) is 5.28. The van der Waals surface area contributed by atoms with Gasteiger partial charge in [-0.25, -0.2) is 13.8 Å². The summed E-state index contributed by atoms with van der Waals surface area (Å²) in [4.78, 5) is 18.8. The molecule has 1 amide bonds. The first kappa shape index (κ1) is 21.2. The fourth-order valence-electron chi connectivity index (χ4n) is 3.54. The summed E-state index contributed by atoms with van der Waals surface area (Å²) in [5, 5.41) is 7.24. The molecule has 1 aromatic carbocycles. The van der Waals surface area contributed by atoms with Gasteiger partial charge in [0.25, 0.3) is 11.8 Å². The number of nitrogens with zero attached hydrogens (tertiary/aromatic N) is 4. The van der Waals surface area contributed by atoms with E-state index in [-0.39, 0.29) is 30.0 Å². The van der Waals surface area contributed by atoms with E-state index in [1.165, 1.54) is 11.1 Å². The number of pyridine rings is 1. The average Bonchev–Trinajstić information content (AvgIpc) is 3.36. The molecule has 0 aliphatic carbocycles. The lowest BCUT2D eigenvalue weighted by atomic mass is 10.0. The largest absolute Gasteiger partial charge is 0.349 e. The van der Waals surface area contributed by atoms with E-state index in [9.17, 15) is 13.6 Å². The third-order valence-electron chi connectivity index (χ3n) is 5.15. The van der Waals surface area contributed by atoms with Crippen molar-refractivity contribution in [3.05, 3.63) is 59.5 Å². The number of halogens is 3. The van der Waals surface area contributed by atoms with Crippen molar-refractivity contribution in [2.24, 2.45) is 0 Å². The number of amides is 1. The molecule has 0 spiro atoms. The van der Waals surface area contributed by atoms with Crippen LogP contribution in [0.1, 0.15) is 36.7 Å². The second kappa shape index (κ2) is 8.26. The Morgan fingerprint density at radius 2 is 2.00 bits per heavy atom. The number of benzene rings is 1. The van der Waals surface area contributed by atoms with E-state index in [0.29, 0.717) is 16.8 Å². The maximum Gasteiger partial charge on any atom is 0.266 e. The Hall–Kier alpha value is -3.00. The third-order valence-corrected chi connectivity index (χ3v) is 5.35. The maximum atomic E-state index is 13.9. The summed E-state index contributed by atoms with van der Waals surface area (Å²) in [5.74, 6) is -3.00. The standard InChI is InChI=1S/C22H22ClF2N5O/c1-14(2)30-12-16(11-26-30)21(31)28-19-17(15-6-4-3-5-7-15)10-18(23)27-20(19)29-9-8-22(24,25)13-29/h3-7,10-12,14H,8-9,13H2,1-2H3,(H,28,31). The summed E-state index contributed by atoms with van der Waals surface area (Å²) in [6.45, 7) is 3.54. The van der Waals surface area contributed by atoms with E-state index >= 15 is 0 Å². The van der Waals surface area contributed by atoms with Crippen LogP contribution in [0.25, 0.3) is 11.1 Å². The smallest absolute Gasteiger partial charge is 0.266 e. The SMILES string of the molecule is CC(C)n1cc(C(=O)Nc2c(-c3ccccc3)cc(Cl)nc2N2CCC(F)(F)C2)cn1. The summed E-state index contributed by atoms with van der Waals surface area (Å²) < 4.78 is 29.6. The normalized spacial score (nSPS) is 15.5. The molecule has 1 aliphatic rings. The third kappa shape index (κ3) is 4.54. The number of rotatable bonds is 5. The van der Waals surface area contributed by atoms with Crippen LogP contribution < -0.4 is 10.2 Å². The summed E-state index contributed by atoms with van der Waals surface area (Å²) in [5.41, 5.74) is 2.10. The Bertz CT molecular complexity index is 1100. The first-order valence-electron chi connectivity index (χ1n) is 9.98. The quantitative estimate of drug-likeness (QED) is 0.543. The lowest BCUT2D eigenvalue weighted by Crippen LogP contribution is -2.27. The van der Waals surface area contributed by atoms with Crippen molar-refractivity contribution in [3.8, 4) is 11.1 Å². The summed E-state index contributed by atoms with van der Waals surface area (Å²) in [7, 11) is 0. The van der Waals surface area contributed by atoms with Gasteiger partial charge in [0.1, 0.15) is 5.15 Å². The first-order valence-corrected chi connectivity index (χ1v) is 10.4. The molecule has 6 nitrogen and oxygen atoms in total. The Labute approximate surface area is 183 Å². The van der Waals surface area contributed by atoms with Crippen LogP contribution in [0.4, 0.5) is 20.3 Å². The minimum Gasteiger partial charge on any atom is -0.349 e. The second-order valence-electron chi connectivity index (χ2n) is 7.84. The van der Waals surface area contributed by atoms with Crippen molar-refractivity contribution in [3.63, 3.8) is 0 Å². The van der Waals surface area contributed by atoms with Crippen molar-refractivity contribution < 1.29 is 13.6 Å². The molecule has 3 heterocycles. The minimum atomic E-state index is -2.82. The number of nitrogens with one attached hydrogen (secondary N) is 1. The van der Waals surface area contributed by atoms with Gasteiger partial charge in [0, 0.05) is 30.8 Å². The zero-order valence-corrected chi connectivity index (χ0v) is 17.9. The molecule has 0 atom stereocenters. The molecule has 1 N–H and O–H groups in total. The highest BCUT2D eigenvalue weighted by Crippen LogP contribution is 2.40. The molecule has 0 saturated carbocycles. The molecule has 2 aromatic heterocycles. The monoisotopic (exact) mass is 445 g/mol. The molecule has 1 fully saturated rings.